The Kier molecular flexibility index (Phi) is 6.13. The number of aromatic nitrogens is 2. The number of amides is 2. The zero-order valence-electron chi connectivity index (χ0n) is 15.8. The minimum absolute atomic E-state index is 0.149. The van der Waals surface area contributed by atoms with Crippen molar-refractivity contribution in [3.05, 3.63) is 11.8 Å². The van der Waals surface area contributed by atoms with Crippen LogP contribution in [-0.2, 0) is 9.47 Å². The zero-order valence-corrected chi connectivity index (χ0v) is 15.8. The maximum absolute atomic E-state index is 12.5. The largest absolute Gasteiger partial charge is 0.481 e. The third-order valence-corrected chi connectivity index (χ3v) is 2.47. The first-order chi connectivity index (χ1) is 11.7. The monoisotopic (exact) mass is 369 g/mol. The molecular formula is C16H23N3O7. The summed E-state index contributed by atoms with van der Waals surface area (Å²) in [6.45, 7) is 9.63. The maximum Gasteiger partial charge on any atom is 0.427 e. The van der Waals surface area contributed by atoms with Gasteiger partial charge in [-0.15, -0.1) is 4.90 Å². The van der Waals surface area contributed by atoms with Crippen LogP contribution < -0.4 is 9.64 Å². The second kappa shape index (κ2) is 7.54. The van der Waals surface area contributed by atoms with E-state index in [0.29, 0.717) is 4.90 Å². The molecule has 0 radical (unpaired) electrons. The number of carboxylic acids is 1. The number of methoxy groups -OCH3 is 1. The molecule has 0 fully saturated rings. The number of carbonyl (C=O) groups excluding carboxylic acids is 2. The summed E-state index contributed by atoms with van der Waals surface area (Å²) in [6.07, 6.45) is -2.23. The van der Waals surface area contributed by atoms with Gasteiger partial charge in [0.05, 0.1) is 7.11 Å². The molecule has 0 unspecified atom stereocenters. The van der Waals surface area contributed by atoms with Crippen LogP contribution in [0.1, 0.15) is 52.0 Å². The molecule has 1 rings (SSSR count). The standard InChI is InChI=1S/C16H23N3O7/c1-15(2,3)25-13(22)19(14(23)26-16(4,5)6)12-17-9(11(20)21)8-10(18-12)24-7/h8H,1-7H3,(H,20,21). The van der Waals surface area contributed by atoms with Gasteiger partial charge in [-0.2, -0.15) is 4.98 Å². The summed E-state index contributed by atoms with van der Waals surface area (Å²) in [5, 5.41) is 9.16. The second-order valence-electron chi connectivity index (χ2n) is 7.20. The van der Waals surface area contributed by atoms with Crippen LogP contribution in [0, 0.1) is 0 Å². The highest BCUT2D eigenvalue weighted by Crippen LogP contribution is 2.21. The molecule has 0 aliphatic rings. The fraction of sp³-hybridized carbons (Fsp3) is 0.562. The summed E-state index contributed by atoms with van der Waals surface area (Å²) < 4.78 is 15.3. The number of carboxylic acid groups (broad SMARTS) is 1. The van der Waals surface area contributed by atoms with Crippen LogP contribution in [0.15, 0.2) is 6.07 Å². The van der Waals surface area contributed by atoms with Gasteiger partial charge in [0.15, 0.2) is 5.69 Å². The van der Waals surface area contributed by atoms with E-state index in [1.807, 2.05) is 0 Å². The van der Waals surface area contributed by atoms with Crippen molar-refractivity contribution in [2.75, 3.05) is 12.0 Å². The first-order valence-corrected chi connectivity index (χ1v) is 7.66. The lowest BCUT2D eigenvalue weighted by Crippen LogP contribution is -2.44. The quantitative estimate of drug-likeness (QED) is 0.855. The van der Waals surface area contributed by atoms with Crippen molar-refractivity contribution < 1.29 is 33.7 Å². The average molecular weight is 369 g/mol. The lowest BCUT2D eigenvalue weighted by Gasteiger charge is -2.27. The number of nitrogens with zero attached hydrogens (tertiary/aromatic N) is 3. The van der Waals surface area contributed by atoms with Crippen LogP contribution in [-0.4, -0.2) is 51.5 Å². The Balaban J connectivity index is 3.44. The molecule has 0 aliphatic heterocycles. The summed E-state index contributed by atoms with van der Waals surface area (Å²) in [5.41, 5.74) is -2.32. The summed E-state index contributed by atoms with van der Waals surface area (Å²) in [5.74, 6) is -2.07. The number of rotatable bonds is 3. The molecule has 1 aromatic heterocycles. The molecule has 1 aromatic rings. The fourth-order valence-electron chi connectivity index (χ4n) is 1.58. The lowest BCUT2D eigenvalue weighted by atomic mass is 10.2. The maximum atomic E-state index is 12.5. The molecule has 1 heterocycles. The Bertz CT molecular complexity index is 677. The number of ether oxygens (including phenoxy) is 3. The minimum Gasteiger partial charge on any atom is -0.481 e. The topological polar surface area (TPSA) is 128 Å². The van der Waals surface area contributed by atoms with E-state index < -0.39 is 41.0 Å². The van der Waals surface area contributed by atoms with Gasteiger partial charge in [-0.1, -0.05) is 0 Å². The minimum atomic E-state index is -1.39. The van der Waals surface area contributed by atoms with Gasteiger partial charge >= 0.3 is 18.2 Å². The third kappa shape index (κ3) is 6.19. The third-order valence-electron chi connectivity index (χ3n) is 2.47. The Morgan fingerprint density at radius 2 is 1.42 bits per heavy atom. The van der Waals surface area contributed by atoms with E-state index in [2.05, 4.69) is 9.97 Å². The smallest absolute Gasteiger partial charge is 0.427 e. The Morgan fingerprint density at radius 1 is 0.962 bits per heavy atom. The summed E-state index contributed by atoms with van der Waals surface area (Å²) >= 11 is 0. The molecule has 10 heteroatoms. The number of hydrogen-bond donors (Lipinski definition) is 1. The molecule has 10 nitrogen and oxygen atoms in total. The van der Waals surface area contributed by atoms with Crippen molar-refractivity contribution in [3.8, 4) is 5.88 Å². The molecule has 0 aromatic carbocycles. The number of anilines is 1. The number of carbonyl (C=O) groups is 3. The van der Waals surface area contributed by atoms with Gasteiger partial charge in [0.2, 0.25) is 11.8 Å². The van der Waals surface area contributed by atoms with Gasteiger partial charge in [-0.05, 0) is 41.5 Å². The molecule has 0 saturated carbocycles. The number of hydrogen-bond acceptors (Lipinski definition) is 8. The van der Waals surface area contributed by atoms with Crippen molar-refractivity contribution >= 4 is 24.1 Å². The summed E-state index contributed by atoms with van der Waals surface area (Å²) in [4.78, 5) is 44.3. The normalized spacial score (nSPS) is 11.5. The van der Waals surface area contributed by atoms with Gasteiger partial charge in [-0.3, -0.25) is 0 Å². The van der Waals surface area contributed by atoms with Gasteiger partial charge in [0.25, 0.3) is 0 Å². The van der Waals surface area contributed by atoms with Crippen LogP contribution in [0.4, 0.5) is 15.5 Å². The Hall–Kier alpha value is -2.91. The molecule has 1 N–H and O–H groups in total. The van der Waals surface area contributed by atoms with Crippen molar-refractivity contribution in [1.29, 1.82) is 0 Å². The van der Waals surface area contributed by atoms with Gasteiger partial charge in [0.1, 0.15) is 11.2 Å². The van der Waals surface area contributed by atoms with Gasteiger partial charge < -0.3 is 19.3 Å². The van der Waals surface area contributed by atoms with Crippen LogP contribution in [0.5, 0.6) is 5.88 Å². The molecule has 26 heavy (non-hydrogen) atoms. The van der Waals surface area contributed by atoms with E-state index in [4.69, 9.17) is 19.3 Å². The van der Waals surface area contributed by atoms with E-state index in [-0.39, 0.29) is 5.88 Å². The van der Waals surface area contributed by atoms with Gasteiger partial charge in [0, 0.05) is 6.07 Å². The highest BCUT2D eigenvalue weighted by Gasteiger charge is 2.35. The lowest BCUT2D eigenvalue weighted by molar-refractivity contribution is 0.0425. The molecule has 144 valence electrons. The SMILES string of the molecule is COc1cc(C(=O)O)nc(N(C(=O)OC(C)(C)C)C(=O)OC(C)(C)C)n1. The van der Waals surface area contributed by atoms with E-state index >= 15 is 0 Å². The molecule has 2 amide bonds. The number of aromatic carboxylic acids is 1. The van der Waals surface area contributed by atoms with E-state index in [0.717, 1.165) is 6.07 Å². The van der Waals surface area contributed by atoms with E-state index in [1.165, 1.54) is 7.11 Å². The highest BCUT2D eigenvalue weighted by atomic mass is 16.6. The van der Waals surface area contributed by atoms with Crippen molar-refractivity contribution in [3.63, 3.8) is 0 Å². The fourth-order valence-corrected chi connectivity index (χ4v) is 1.58. The van der Waals surface area contributed by atoms with Crippen molar-refractivity contribution in [1.82, 2.24) is 9.97 Å². The molecule has 0 saturated heterocycles. The van der Waals surface area contributed by atoms with Crippen molar-refractivity contribution in [2.24, 2.45) is 0 Å². The second-order valence-corrected chi connectivity index (χ2v) is 7.20. The van der Waals surface area contributed by atoms with Crippen LogP contribution in [0.3, 0.4) is 0 Å². The molecule has 0 aliphatic carbocycles. The Morgan fingerprint density at radius 3 is 1.77 bits per heavy atom. The molecule has 0 atom stereocenters. The van der Waals surface area contributed by atoms with Gasteiger partial charge in [-0.25, -0.2) is 19.4 Å². The molecule has 0 bridgehead atoms. The number of imide groups is 1. The highest BCUT2D eigenvalue weighted by molar-refractivity contribution is 6.08. The first kappa shape index (κ1) is 21.1. The van der Waals surface area contributed by atoms with Crippen molar-refractivity contribution in [2.45, 2.75) is 52.7 Å². The summed E-state index contributed by atoms with van der Waals surface area (Å²) in [6, 6.07) is 1.05. The predicted octanol–water partition coefficient (Wildman–Crippen LogP) is 2.86. The Labute approximate surface area is 151 Å². The predicted molar refractivity (Wildman–Crippen MR) is 90.5 cm³/mol. The molecular weight excluding hydrogens is 346 g/mol. The first-order valence-electron chi connectivity index (χ1n) is 7.66. The summed E-state index contributed by atoms with van der Waals surface area (Å²) in [7, 11) is 1.25. The van der Waals surface area contributed by atoms with E-state index in [1.54, 1.807) is 41.5 Å². The van der Waals surface area contributed by atoms with E-state index in [9.17, 15) is 14.4 Å². The van der Waals surface area contributed by atoms with Crippen LogP contribution >= 0.6 is 0 Å². The zero-order chi connectivity index (χ0) is 20.3. The van der Waals surface area contributed by atoms with Crippen LogP contribution in [0.2, 0.25) is 0 Å². The molecule has 0 spiro atoms. The average Bonchev–Trinajstić information content (AvgIpc) is 2.42. The van der Waals surface area contributed by atoms with Crippen LogP contribution in [0.25, 0.3) is 0 Å².